The van der Waals surface area contributed by atoms with Crippen LogP contribution < -0.4 is 10.6 Å². The van der Waals surface area contributed by atoms with Crippen LogP contribution in [0.25, 0.3) is 0 Å². The first-order valence-electron chi connectivity index (χ1n) is 10.8. The number of nitrogens with zero attached hydrogens (tertiary/aromatic N) is 2. The number of aryl methyl sites for hydroxylation is 2. The van der Waals surface area contributed by atoms with Crippen LogP contribution in [0.5, 0.6) is 0 Å². The molecule has 6 nitrogen and oxygen atoms in total. The highest BCUT2D eigenvalue weighted by Gasteiger charge is 2.41. The van der Waals surface area contributed by atoms with E-state index in [0.29, 0.717) is 13.0 Å². The molecule has 0 unspecified atom stereocenters. The first-order chi connectivity index (χ1) is 14.1. The van der Waals surface area contributed by atoms with Gasteiger partial charge >= 0.3 is 0 Å². The first kappa shape index (κ1) is 19.2. The van der Waals surface area contributed by atoms with Crippen LogP contribution in [-0.2, 0) is 36.0 Å². The molecule has 4 heterocycles. The second kappa shape index (κ2) is 7.78. The summed E-state index contributed by atoms with van der Waals surface area (Å²) < 4.78 is 6.23. The van der Waals surface area contributed by atoms with Gasteiger partial charge in [0.05, 0.1) is 11.5 Å². The standard InChI is InChI=1S/C22H28N4O2S/c1-14-16-3-2-4-17(16)26-19(25-14)5-9-24-21(27)18-13-15-6-12-28-22(20(15)29-18)7-10-23-11-8-22/h13,23H,2-12H2,1H3,(H,24,27). The molecule has 2 aromatic rings. The number of aromatic nitrogens is 2. The monoisotopic (exact) mass is 412 g/mol. The molecule has 0 radical (unpaired) electrons. The maximum atomic E-state index is 12.8. The van der Waals surface area contributed by atoms with E-state index in [0.717, 1.165) is 68.2 Å². The Hall–Kier alpha value is -1.83. The Bertz CT molecular complexity index is 933. The predicted octanol–water partition coefficient (Wildman–Crippen LogP) is 2.46. The Kier molecular flexibility index (Phi) is 5.14. The van der Waals surface area contributed by atoms with Gasteiger partial charge in [0.15, 0.2) is 0 Å². The molecule has 1 aliphatic carbocycles. The van der Waals surface area contributed by atoms with Gasteiger partial charge in [-0.15, -0.1) is 11.3 Å². The lowest BCUT2D eigenvalue weighted by atomic mass is 9.86. The van der Waals surface area contributed by atoms with E-state index in [1.54, 1.807) is 11.3 Å². The van der Waals surface area contributed by atoms with Gasteiger partial charge in [-0.05, 0) is 75.7 Å². The molecule has 5 rings (SSSR count). The maximum Gasteiger partial charge on any atom is 0.261 e. The quantitative estimate of drug-likeness (QED) is 0.807. The third kappa shape index (κ3) is 3.60. The van der Waals surface area contributed by atoms with Gasteiger partial charge in [0.2, 0.25) is 0 Å². The molecule has 154 valence electrons. The van der Waals surface area contributed by atoms with Gasteiger partial charge in [0.25, 0.3) is 5.91 Å². The molecular formula is C22H28N4O2S. The van der Waals surface area contributed by atoms with Crippen LogP contribution in [-0.4, -0.2) is 42.1 Å². The molecule has 2 aliphatic heterocycles. The minimum atomic E-state index is -0.183. The summed E-state index contributed by atoms with van der Waals surface area (Å²) in [6, 6.07) is 2.08. The SMILES string of the molecule is Cc1nc(CCNC(=O)c2cc3c(s2)C2(CCNCC2)OCC3)nc2c1CCC2. The molecule has 0 bridgehead atoms. The topological polar surface area (TPSA) is 76.1 Å². The van der Waals surface area contributed by atoms with Crippen molar-refractivity contribution in [2.75, 3.05) is 26.2 Å². The summed E-state index contributed by atoms with van der Waals surface area (Å²) in [5.41, 5.74) is 4.75. The molecule has 29 heavy (non-hydrogen) atoms. The Balaban J connectivity index is 1.25. The fourth-order valence-electron chi connectivity index (χ4n) is 4.91. The summed E-state index contributed by atoms with van der Waals surface area (Å²) in [6.07, 6.45) is 6.86. The minimum Gasteiger partial charge on any atom is -0.369 e. The van der Waals surface area contributed by atoms with Crippen molar-refractivity contribution in [3.63, 3.8) is 0 Å². The van der Waals surface area contributed by atoms with E-state index in [1.807, 2.05) is 0 Å². The molecule has 1 amide bonds. The molecule has 0 atom stereocenters. The number of amides is 1. The number of nitrogens with one attached hydrogen (secondary N) is 2. The molecule has 1 saturated heterocycles. The second-order valence-corrected chi connectivity index (χ2v) is 9.37. The highest BCUT2D eigenvalue weighted by Crippen LogP contribution is 2.44. The fourth-order valence-corrected chi connectivity index (χ4v) is 6.23. The van der Waals surface area contributed by atoms with Crippen LogP contribution in [0.2, 0.25) is 0 Å². The lowest BCUT2D eigenvalue weighted by molar-refractivity contribution is -0.0771. The zero-order chi connectivity index (χ0) is 19.8. The molecule has 1 spiro atoms. The normalized spacial score (nSPS) is 19.8. The number of hydrogen-bond donors (Lipinski definition) is 2. The van der Waals surface area contributed by atoms with Gasteiger partial charge in [0, 0.05) is 29.2 Å². The van der Waals surface area contributed by atoms with E-state index in [9.17, 15) is 4.79 Å². The highest BCUT2D eigenvalue weighted by atomic mass is 32.1. The minimum absolute atomic E-state index is 0.00589. The van der Waals surface area contributed by atoms with Crippen LogP contribution in [0, 0.1) is 6.92 Å². The van der Waals surface area contributed by atoms with Crippen molar-refractivity contribution in [1.29, 1.82) is 0 Å². The lowest BCUT2D eigenvalue weighted by Gasteiger charge is -2.40. The maximum absolute atomic E-state index is 12.8. The van der Waals surface area contributed by atoms with Crippen molar-refractivity contribution >= 4 is 17.2 Å². The van der Waals surface area contributed by atoms with Gasteiger partial charge in [-0.2, -0.15) is 0 Å². The number of carbonyl (C=O) groups excluding carboxylic acids is 1. The predicted molar refractivity (Wildman–Crippen MR) is 113 cm³/mol. The number of ether oxygens (including phenoxy) is 1. The van der Waals surface area contributed by atoms with E-state index >= 15 is 0 Å². The number of piperidine rings is 1. The number of carbonyl (C=O) groups is 1. The van der Waals surface area contributed by atoms with Crippen LogP contribution in [0.15, 0.2) is 6.07 Å². The Morgan fingerprint density at radius 2 is 2.14 bits per heavy atom. The van der Waals surface area contributed by atoms with Crippen molar-refractivity contribution in [2.24, 2.45) is 0 Å². The largest absolute Gasteiger partial charge is 0.369 e. The van der Waals surface area contributed by atoms with Gasteiger partial charge < -0.3 is 15.4 Å². The zero-order valence-electron chi connectivity index (χ0n) is 17.0. The van der Waals surface area contributed by atoms with E-state index in [1.165, 1.54) is 28.1 Å². The average molecular weight is 413 g/mol. The van der Waals surface area contributed by atoms with Crippen LogP contribution >= 0.6 is 11.3 Å². The summed E-state index contributed by atoms with van der Waals surface area (Å²) >= 11 is 1.62. The number of thiophene rings is 1. The number of rotatable bonds is 4. The van der Waals surface area contributed by atoms with E-state index in [2.05, 4.69) is 28.6 Å². The average Bonchev–Trinajstić information content (AvgIpc) is 3.37. The van der Waals surface area contributed by atoms with Crippen molar-refractivity contribution in [2.45, 2.75) is 57.5 Å². The zero-order valence-corrected chi connectivity index (χ0v) is 17.8. The van der Waals surface area contributed by atoms with Crippen molar-refractivity contribution in [1.82, 2.24) is 20.6 Å². The van der Waals surface area contributed by atoms with Gasteiger partial charge in [0.1, 0.15) is 11.4 Å². The summed E-state index contributed by atoms with van der Waals surface area (Å²) in [5, 5.41) is 6.49. The lowest BCUT2D eigenvalue weighted by Crippen LogP contribution is -2.43. The van der Waals surface area contributed by atoms with Crippen LogP contribution in [0.3, 0.4) is 0 Å². The molecule has 7 heteroatoms. The summed E-state index contributed by atoms with van der Waals surface area (Å²) in [5.74, 6) is 0.849. The summed E-state index contributed by atoms with van der Waals surface area (Å²) in [7, 11) is 0. The Morgan fingerprint density at radius 3 is 3.00 bits per heavy atom. The van der Waals surface area contributed by atoms with Crippen LogP contribution in [0.1, 0.15) is 62.2 Å². The third-order valence-electron chi connectivity index (χ3n) is 6.43. The van der Waals surface area contributed by atoms with Crippen molar-refractivity contribution in [3.05, 3.63) is 44.2 Å². The second-order valence-electron chi connectivity index (χ2n) is 8.32. The molecule has 1 fully saturated rings. The first-order valence-corrected chi connectivity index (χ1v) is 11.6. The Morgan fingerprint density at radius 1 is 1.28 bits per heavy atom. The molecular weight excluding hydrogens is 384 g/mol. The molecule has 0 saturated carbocycles. The summed E-state index contributed by atoms with van der Waals surface area (Å²) in [4.78, 5) is 24.2. The summed E-state index contributed by atoms with van der Waals surface area (Å²) in [6.45, 7) is 5.33. The molecule has 2 N–H and O–H groups in total. The number of fused-ring (bicyclic) bond motifs is 3. The van der Waals surface area contributed by atoms with E-state index in [4.69, 9.17) is 9.72 Å². The van der Waals surface area contributed by atoms with Gasteiger partial charge in [-0.1, -0.05) is 0 Å². The van der Waals surface area contributed by atoms with E-state index in [-0.39, 0.29) is 11.5 Å². The third-order valence-corrected chi connectivity index (χ3v) is 7.79. The fraction of sp³-hybridized carbons (Fsp3) is 0.591. The number of hydrogen-bond acceptors (Lipinski definition) is 6. The molecule has 2 aromatic heterocycles. The highest BCUT2D eigenvalue weighted by molar-refractivity contribution is 7.14. The van der Waals surface area contributed by atoms with E-state index < -0.39 is 0 Å². The Labute approximate surface area is 175 Å². The van der Waals surface area contributed by atoms with Gasteiger partial charge in [-0.25, -0.2) is 9.97 Å². The van der Waals surface area contributed by atoms with Crippen molar-refractivity contribution < 1.29 is 9.53 Å². The van der Waals surface area contributed by atoms with Gasteiger partial charge in [-0.3, -0.25) is 4.79 Å². The smallest absolute Gasteiger partial charge is 0.261 e. The molecule has 0 aromatic carbocycles. The van der Waals surface area contributed by atoms with Crippen LogP contribution in [0.4, 0.5) is 0 Å². The molecule has 3 aliphatic rings. The van der Waals surface area contributed by atoms with Crippen molar-refractivity contribution in [3.8, 4) is 0 Å².